The Labute approximate surface area is 168 Å². The van der Waals surface area contributed by atoms with Gasteiger partial charge in [-0.2, -0.15) is 13.2 Å². The van der Waals surface area contributed by atoms with Crippen LogP contribution in [0, 0.1) is 0 Å². The van der Waals surface area contributed by atoms with Gasteiger partial charge in [0.2, 0.25) is 5.91 Å². The van der Waals surface area contributed by atoms with E-state index >= 15 is 0 Å². The molecule has 1 fully saturated rings. The Morgan fingerprint density at radius 3 is 2.13 bits per heavy atom. The summed E-state index contributed by atoms with van der Waals surface area (Å²) >= 11 is 0. The summed E-state index contributed by atoms with van der Waals surface area (Å²) in [5.74, 6) is -3.28. The number of alkyl halides is 3. The molecule has 11 heteroatoms. The first-order valence-corrected chi connectivity index (χ1v) is 8.54. The third kappa shape index (κ3) is 3.69. The largest absolute Gasteiger partial charge is 0.440 e. The van der Waals surface area contributed by atoms with Gasteiger partial charge in [0.1, 0.15) is 0 Å². The van der Waals surface area contributed by atoms with Crippen LogP contribution >= 0.6 is 0 Å². The van der Waals surface area contributed by atoms with Crippen LogP contribution in [0.15, 0.2) is 54.6 Å². The predicted molar refractivity (Wildman–Crippen MR) is 99.5 cm³/mol. The zero-order valence-corrected chi connectivity index (χ0v) is 15.4. The summed E-state index contributed by atoms with van der Waals surface area (Å²) in [4.78, 5) is 48.7. The van der Waals surface area contributed by atoms with E-state index in [0.717, 1.165) is 0 Å². The smallest absolute Gasteiger partial charge is 0.326 e. The average molecular weight is 420 g/mol. The zero-order chi connectivity index (χ0) is 22.1. The number of benzene rings is 2. The van der Waals surface area contributed by atoms with E-state index < -0.39 is 29.7 Å². The molecular formula is C19H15F3N4O4. The monoisotopic (exact) mass is 420 g/mol. The quantitative estimate of drug-likeness (QED) is 0.660. The molecule has 0 unspecified atom stereocenters. The van der Waals surface area contributed by atoms with Gasteiger partial charge in [0.05, 0.1) is 5.69 Å². The molecule has 3 N–H and O–H groups in total. The molecule has 30 heavy (non-hydrogen) atoms. The molecule has 0 bridgehead atoms. The summed E-state index contributed by atoms with van der Waals surface area (Å²) in [6, 6.07) is 10.6. The summed E-state index contributed by atoms with van der Waals surface area (Å²) in [7, 11) is 0. The van der Waals surface area contributed by atoms with Crippen LogP contribution in [0.1, 0.15) is 17.3 Å². The minimum absolute atomic E-state index is 0.124. The van der Waals surface area contributed by atoms with Crippen molar-refractivity contribution >= 4 is 35.1 Å². The predicted octanol–water partition coefficient (Wildman–Crippen LogP) is 2.39. The van der Waals surface area contributed by atoms with E-state index in [1.165, 1.54) is 55.5 Å². The van der Waals surface area contributed by atoms with Gasteiger partial charge in [0.15, 0.2) is 0 Å². The van der Waals surface area contributed by atoms with Crippen molar-refractivity contribution in [2.75, 3.05) is 10.2 Å². The molecule has 0 aromatic heterocycles. The molecule has 5 amide bonds. The number of hydrogen-bond donors (Lipinski definition) is 3. The van der Waals surface area contributed by atoms with Crippen LogP contribution < -0.4 is 20.9 Å². The van der Waals surface area contributed by atoms with E-state index in [4.69, 9.17) is 0 Å². The van der Waals surface area contributed by atoms with Crippen molar-refractivity contribution in [2.24, 2.45) is 0 Å². The van der Waals surface area contributed by atoms with Crippen LogP contribution in [0.3, 0.4) is 0 Å². The second-order valence-electron chi connectivity index (χ2n) is 6.37. The number of urea groups is 1. The Bertz CT molecular complexity index is 1010. The Kier molecular flexibility index (Phi) is 5.21. The molecule has 1 saturated heterocycles. The van der Waals surface area contributed by atoms with Gasteiger partial charge in [0, 0.05) is 18.2 Å². The summed E-state index contributed by atoms with van der Waals surface area (Å²) in [6.07, 6.45) is -5.32. The lowest BCUT2D eigenvalue weighted by Gasteiger charge is -2.29. The normalized spacial score (nSPS) is 18.7. The highest BCUT2D eigenvalue weighted by atomic mass is 19.4. The van der Waals surface area contributed by atoms with Crippen molar-refractivity contribution in [1.29, 1.82) is 0 Å². The molecule has 2 aromatic carbocycles. The number of nitrogens with one attached hydrogen (secondary N) is 3. The number of rotatable bonds is 4. The molecule has 0 saturated carbocycles. The molecule has 156 valence electrons. The number of amides is 5. The number of nitrogens with zero attached hydrogens (tertiary/aromatic N) is 1. The summed E-state index contributed by atoms with van der Waals surface area (Å²) in [6.45, 7) is 1.26. The summed E-state index contributed by atoms with van der Waals surface area (Å²) in [5, 5.41) is 5.64. The zero-order valence-electron chi connectivity index (χ0n) is 15.4. The fourth-order valence-electron chi connectivity index (χ4n) is 2.84. The number of carbonyl (C=O) groups is 4. The number of carbonyl (C=O) groups excluding carboxylic acids is 4. The molecule has 1 aliphatic heterocycles. The number of halogens is 3. The maximum atomic E-state index is 13.9. The van der Waals surface area contributed by atoms with E-state index in [2.05, 4.69) is 5.32 Å². The van der Waals surface area contributed by atoms with Crippen LogP contribution in [-0.4, -0.2) is 35.6 Å². The van der Waals surface area contributed by atoms with Crippen LogP contribution in [-0.2, 0) is 9.59 Å². The molecule has 3 rings (SSSR count). The maximum Gasteiger partial charge on any atom is 0.440 e. The highest BCUT2D eigenvalue weighted by Crippen LogP contribution is 2.36. The average Bonchev–Trinajstić information content (AvgIpc) is 2.93. The fraction of sp³-hybridized carbons (Fsp3) is 0.158. The first-order valence-electron chi connectivity index (χ1n) is 8.54. The van der Waals surface area contributed by atoms with Crippen molar-refractivity contribution in [2.45, 2.75) is 18.8 Å². The minimum Gasteiger partial charge on any atom is -0.326 e. The van der Waals surface area contributed by atoms with E-state index in [1.807, 2.05) is 0 Å². The molecule has 1 heterocycles. The molecule has 0 spiro atoms. The first kappa shape index (κ1) is 20.8. The van der Waals surface area contributed by atoms with Crippen LogP contribution in [0.5, 0.6) is 0 Å². The third-order valence-corrected chi connectivity index (χ3v) is 4.23. The minimum atomic E-state index is -5.32. The molecule has 0 radical (unpaired) electrons. The molecule has 2 aromatic rings. The SMILES string of the molecule is CC(=O)Nc1ccc(N2C(=O)N[C@](NC(=O)c3ccccc3)(C(F)(F)F)C2=O)cc1. The van der Waals surface area contributed by atoms with Crippen molar-refractivity contribution < 1.29 is 32.3 Å². The molecule has 1 atom stereocenters. The van der Waals surface area contributed by atoms with Crippen LogP contribution in [0.4, 0.5) is 29.3 Å². The summed E-state index contributed by atoms with van der Waals surface area (Å²) in [5.41, 5.74) is -3.61. The second kappa shape index (κ2) is 7.50. The second-order valence-corrected chi connectivity index (χ2v) is 6.37. The lowest BCUT2D eigenvalue weighted by Crippen LogP contribution is -2.69. The number of hydrogen-bond acceptors (Lipinski definition) is 4. The van der Waals surface area contributed by atoms with Crippen LogP contribution in [0.2, 0.25) is 0 Å². The molecular weight excluding hydrogens is 405 g/mol. The highest BCUT2D eigenvalue weighted by Gasteiger charge is 2.69. The van der Waals surface area contributed by atoms with Gasteiger partial charge in [-0.25, -0.2) is 9.69 Å². The topological polar surface area (TPSA) is 108 Å². The Morgan fingerprint density at radius 1 is 1.00 bits per heavy atom. The third-order valence-electron chi connectivity index (χ3n) is 4.23. The molecule has 8 nitrogen and oxygen atoms in total. The van der Waals surface area contributed by atoms with Gasteiger partial charge in [-0.1, -0.05) is 18.2 Å². The van der Waals surface area contributed by atoms with Gasteiger partial charge in [-0.15, -0.1) is 0 Å². The van der Waals surface area contributed by atoms with Crippen molar-refractivity contribution in [1.82, 2.24) is 10.6 Å². The van der Waals surface area contributed by atoms with Gasteiger partial charge in [-0.05, 0) is 36.4 Å². The Balaban J connectivity index is 1.94. The van der Waals surface area contributed by atoms with Gasteiger partial charge in [-0.3, -0.25) is 19.7 Å². The standard InChI is InChI=1S/C19H15F3N4O4/c1-11(27)23-13-7-9-14(10-8-13)26-16(29)18(19(20,21)22,25-17(26)30)24-15(28)12-5-3-2-4-6-12/h2-10H,1H3,(H,23,27)(H,24,28)(H,25,30)/t18-/m0/s1. The first-order chi connectivity index (χ1) is 14.0. The highest BCUT2D eigenvalue weighted by molar-refractivity contribution is 6.24. The van der Waals surface area contributed by atoms with Crippen molar-refractivity contribution in [3.05, 3.63) is 60.2 Å². The number of imide groups is 1. The Morgan fingerprint density at radius 2 is 1.60 bits per heavy atom. The Hall–Kier alpha value is -3.89. The fourth-order valence-corrected chi connectivity index (χ4v) is 2.84. The van der Waals surface area contributed by atoms with Gasteiger partial charge >= 0.3 is 12.2 Å². The van der Waals surface area contributed by atoms with Crippen LogP contribution in [0.25, 0.3) is 0 Å². The van der Waals surface area contributed by atoms with E-state index in [0.29, 0.717) is 5.69 Å². The van der Waals surface area contributed by atoms with E-state index in [9.17, 15) is 32.3 Å². The number of anilines is 2. The van der Waals surface area contributed by atoms with E-state index in [1.54, 1.807) is 16.7 Å². The van der Waals surface area contributed by atoms with Crippen molar-refractivity contribution in [3.8, 4) is 0 Å². The lowest BCUT2D eigenvalue weighted by atomic mass is 10.1. The van der Waals surface area contributed by atoms with Gasteiger partial charge in [0.25, 0.3) is 17.5 Å². The lowest BCUT2D eigenvalue weighted by molar-refractivity contribution is -0.197. The molecule has 1 aliphatic rings. The maximum absolute atomic E-state index is 13.9. The summed E-state index contributed by atoms with van der Waals surface area (Å²) < 4.78 is 41.7. The molecule has 0 aliphatic carbocycles. The van der Waals surface area contributed by atoms with Crippen molar-refractivity contribution in [3.63, 3.8) is 0 Å². The van der Waals surface area contributed by atoms with Gasteiger partial charge < -0.3 is 10.6 Å². The van der Waals surface area contributed by atoms with E-state index in [-0.39, 0.29) is 22.1 Å².